The van der Waals surface area contributed by atoms with Crippen LogP contribution in [0.4, 0.5) is 11.4 Å². The van der Waals surface area contributed by atoms with Crippen molar-refractivity contribution >= 4 is 33.7 Å². The first kappa shape index (κ1) is 43.7. The number of rotatable bonds is 11. The van der Waals surface area contributed by atoms with E-state index in [9.17, 15) is 9.59 Å². The molecular weight excluding hydrogens is 697 g/mol. The van der Waals surface area contributed by atoms with E-state index in [4.69, 9.17) is 14.2 Å². The van der Waals surface area contributed by atoms with Crippen LogP contribution in [-0.4, -0.2) is 70.3 Å². The van der Waals surface area contributed by atoms with Gasteiger partial charge in [0.05, 0.1) is 33.5 Å². The van der Waals surface area contributed by atoms with Crippen molar-refractivity contribution in [2.24, 2.45) is 0 Å². The maximum atomic E-state index is 13.2. The lowest BCUT2D eigenvalue weighted by Crippen LogP contribution is -2.50. The van der Waals surface area contributed by atoms with Crippen LogP contribution in [0.15, 0.2) is 127 Å². The van der Waals surface area contributed by atoms with Crippen molar-refractivity contribution in [2.75, 3.05) is 56.4 Å². The van der Waals surface area contributed by atoms with Crippen LogP contribution in [-0.2, 0) is 19.1 Å². The van der Waals surface area contributed by atoms with E-state index in [1.807, 2.05) is 88.4 Å². The Bertz CT molecular complexity index is 1890. The standard InChI is InChI=1S/C24H25NO2.C21H25NO3.2C2H6/c1-18(21-13-7-9-19-8-5-6-12-22(19)21)16-24(26)23-17-27-15-14-25(23)20-10-3-2-4-11-20;1-16(17-7-6-10-19(14-17)24-2)13-21(23)20-15-25-12-11-22(20)18-8-4-3-5-9-18;2*1-2/h2-13,18,23H,14-17H2,1H3;3-10,14,16,20H,11-13,15H2,1-2H3;2*1-2H3/t18-,23?;16-,20?;;/m00../s1. The minimum absolute atomic E-state index is 0.141. The topological polar surface area (TPSA) is 68.3 Å². The number of ketones is 2. The van der Waals surface area contributed by atoms with E-state index < -0.39 is 0 Å². The van der Waals surface area contributed by atoms with Gasteiger partial charge in [0.2, 0.25) is 0 Å². The fraction of sp³-hybridized carbons (Fsp3) is 0.388. The van der Waals surface area contributed by atoms with Crippen molar-refractivity contribution in [1.29, 1.82) is 0 Å². The Morgan fingerprint density at radius 1 is 0.625 bits per heavy atom. The molecule has 0 bridgehead atoms. The molecule has 2 unspecified atom stereocenters. The van der Waals surface area contributed by atoms with Gasteiger partial charge in [0.15, 0.2) is 11.6 Å². The fourth-order valence-electron chi connectivity index (χ4n) is 7.33. The SMILES string of the molecule is CC.CC.COc1cccc([C@@H](C)CC(=O)C2COCCN2c2ccccc2)c1.C[C@@H](CC(=O)C1COCCN1c1ccccc1)c1cccc2ccccc12. The van der Waals surface area contributed by atoms with Crippen molar-refractivity contribution in [3.63, 3.8) is 0 Å². The highest BCUT2D eigenvalue weighted by Gasteiger charge is 2.32. The number of hydrogen-bond acceptors (Lipinski definition) is 7. The predicted octanol–water partition coefficient (Wildman–Crippen LogP) is 10.5. The van der Waals surface area contributed by atoms with Crippen LogP contribution in [0.1, 0.15) is 77.3 Å². The monoisotopic (exact) mass is 758 g/mol. The molecule has 0 aliphatic carbocycles. The Hall–Kier alpha value is -4.98. The zero-order valence-electron chi connectivity index (χ0n) is 34.5. The molecule has 2 aliphatic rings. The Kier molecular flexibility index (Phi) is 18.1. The van der Waals surface area contributed by atoms with Gasteiger partial charge in [-0.2, -0.15) is 0 Å². The number of methoxy groups -OCH3 is 1. The summed E-state index contributed by atoms with van der Waals surface area (Å²) in [7, 11) is 1.66. The summed E-state index contributed by atoms with van der Waals surface area (Å²) in [5.74, 6) is 1.60. The molecule has 4 atom stereocenters. The summed E-state index contributed by atoms with van der Waals surface area (Å²) in [6, 6.07) is 42.5. The van der Waals surface area contributed by atoms with Crippen molar-refractivity contribution in [1.82, 2.24) is 0 Å². The summed E-state index contributed by atoms with van der Waals surface area (Å²) in [5.41, 5.74) is 4.54. The van der Waals surface area contributed by atoms with E-state index in [1.54, 1.807) is 7.11 Å². The van der Waals surface area contributed by atoms with Gasteiger partial charge >= 0.3 is 0 Å². The summed E-state index contributed by atoms with van der Waals surface area (Å²) in [6.07, 6.45) is 1.01. The normalized spacial score (nSPS) is 17.4. The number of morpholine rings is 2. The molecule has 2 saturated heterocycles. The van der Waals surface area contributed by atoms with Gasteiger partial charge < -0.3 is 24.0 Å². The first-order valence-corrected chi connectivity index (χ1v) is 20.4. The summed E-state index contributed by atoms with van der Waals surface area (Å²) >= 11 is 0. The van der Waals surface area contributed by atoms with Gasteiger partial charge in [-0.1, -0.05) is 133 Å². The van der Waals surface area contributed by atoms with Crippen LogP contribution in [0.2, 0.25) is 0 Å². The van der Waals surface area contributed by atoms with E-state index in [0.29, 0.717) is 39.3 Å². The summed E-state index contributed by atoms with van der Waals surface area (Å²) in [5, 5.41) is 2.46. The largest absolute Gasteiger partial charge is 0.497 e. The first-order valence-electron chi connectivity index (χ1n) is 20.4. The fourth-order valence-corrected chi connectivity index (χ4v) is 7.33. The highest BCUT2D eigenvalue weighted by atomic mass is 16.5. The van der Waals surface area contributed by atoms with Crippen LogP contribution in [0.25, 0.3) is 10.8 Å². The minimum atomic E-state index is -0.218. The van der Waals surface area contributed by atoms with Crippen molar-refractivity contribution in [3.8, 4) is 5.75 Å². The molecule has 0 amide bonds. The maximum absolute atomic E-state index is 13.2. The third-order valence-electron chi connectivity index (χ3n) is 10.2. The van der Waals surface area contributed by atoms with Crippen LogP contribution in [0, 0.1) is 0 Å². The highest BCUT2D eigenvalue weighted by molar-refractivity contribution is 5.91. The number of hydrogen-bond donors (Lipinski definition) is 0. The Labute approximate surface area is 335 Å². The molecule has 0 saturated carbocycles. The van der Waals surface area contributed by atoms with Crippen molar-refractivity contribution in [3.05, 3.63) is 139 Å². The Morgan fingerprint density at radius 2 is 1.11 bits per heavy atom. The van der Waals surface area contributed by atoms with Crippen molar-refractivity contribution < 1.29 is 23.8 Å². The highest BCUT2D eigenvalue weighted by Crippen LogP contribution is 2.30. The number of ether oxygens (including phenoxy) is 3. The lowest BCUT2D eigenvalue weighted by Gasteiger charge is -2.37. The summed E-state index contributed by atoms with van der Waals surface area (Å²) in [4.78, 5) is 30.5. The van der Waals surface area contributed by atoms with Gasteiger partial charge in [0, 0.05) is 37.3 Å². The van der Waals surface area contributed by atoms with Gasteiger partial charge in [-0.25, -0.2) is 0 Å². The van der Waals surface area contributed by atoms with Crippen LogP contribution in [0.3, 0.4) is 0 Å². The van der Waals surface area contributed by atoms with E-state index in [0.717, 1.165) is 35.8 Å². The second-order valence-corrected chi connectivity index (χ2v) is 13.7. The molecule has 2 aliphatic heterocycles. The lowest BCUT2D eigenvalue weighted by atomic mass is 9.89. The number of Topliss-reactive ketones (excluding diaryl/α,β-unsaturated/α-hetero) is 2. The average molecular weight is 759 g/mol. The molecule has 5 aromatic carbocycles. The predicted molar refractivity (Wildman–Crippen MR) is 233 cm³/mol. The number of para-hydroxylation sites is 2. The van der Waals surface area contributed by atoms with E-state index in [2.05, 4.69) is 90.4 Å². The smallest absolute Gasteiger partial charge is 0.158 e. The van der Waals surface area contributed by atoms with Gasteiger partial charge in [-0.3, -0.25) is 9.59 Å². The molecule has 298 valence electrons. The first-order chi connectivity index (χ1) is 27.4. The molecule has 0 radical (unpaired) electrons. The van der Waals surface area contributed by atoms with E-state index in [-0.39, 0.29) is 35.5 Å². The molecule has 2 heterocycles. The average Bonchev–Trinajstić information content (AvgIpc) is 3.28. The number of nitrogens with zero attached hydrogens (tertiary/aromatic N) is 2. The molecule has 0 spiro atoms. The number of carbonyl (C=O) groups is 2. The number of fused-ring (bicyclic) bond motifs is 1. The second-order valence-electron chi connectivity index (χ2n) is 13.7. The lowest BCUT2D eigenvalue weighted by molar-refractivity contribution is -0.123. The molecule has 2 fully saturated rings. The maximum Gasteiger partial charge on any atom is 0.158 e. The molecule has 7 rings (SSSR count). The molecular formula is C49H62N2O5. The van der Waals surface area contributed by atoms with E-state index >= 15 is 0 Å². The quantitative estimate of drug-likeness (QED) is 0.133. The number of anilines is 2. The molecule has 7 heteroatoms. The molecule has 0 N–H and O–H groups in total. The Balaban J connectivity index is 0.000000229. The summed E-state index contributed by atoms with van der Waals surface area (Å²) in [6.45, 7) is 16.0. The second kappa shape index (κ2) is 23.2. The molecule has 5 aromatic rings. The zero-order chi connectivity index (χ0) is 40.3. The van der Waals surface area contributed by atoms with Gasteiger partial charge in [0.1, 0.15) is 17.8 Å². The van der Waals surface area contributed by atoms with Crippen molar-refractivity contribution in [2.45, 2.75) is 78.3 Å². The molecule has 56 heavy (non-hydrogen) atoms. The minimum Gasteiger partial charge on any atom is -0.497 e. The van der Waals surface area contributed by atoms with Gasteiger partial charge in [-0.15, -0.1) is 0 Å². The van der Waals surface area contributed by atoms with Crippen LogP contribution >= 0.6 is 0 Å². The zero-order valence-corrected chi connectivity index (χ0v) is 34.5. The van der Waals surface area contributed by atoms with Crippen LogP contribution < -0.4 is 14.5 Å². The van der Waals surface area contributed by atoms with Crippen LogP contribution in [0.5, 0.6) is 5.75 Å². The summed E-state index contributed by atoms with van der Waals surface area (Å²) < 4.78 is 16.5. The molecule has 7 nitrogen and oxygen atoms in total. The number of benzene rings is 5. The Morgan fingerprint density at radius 3 is 1.66 bits per heavy atom. The third kappa shape index (κ3) is 11.8. The van der Waals surface area contributed by atoms with E-state index in [1.165, 1.54) is 16.3 Å². The third-order valence-corrected chi connectivity index (χ3v) is 10.2. The van der Waals surface area contributed by atoms with Gasteiger partial charge in [-0.05, 0) is 70.1 Å². The molecule has 0 aromatic heterocycles. The number of carbonyl (C=O) groups excluding carboxylic acids is 2. The van der Waals surface area contributed by atoms with Gasteiger partial charge in [0.25, 0.3) is 0 Å².